The molecule has 1 aliphatic heterocycles. The fraction of sp³-hybridized carbons (Fsp3) is 0.381. The summed E-state index contributed by atoms with van der Waals surface area (Å²) in [5, 5.41) is 2.89. The van der Waals surface area contributed by atoms with Crippen LogP contribution in [0.15, 0.2) is 46.9 Å². The summed E-state index contributed by atoms with van der Waals surface area (Å²) >= 11 is 3.44. The summed E-state index contributed by atoms with van der Waals surface area (Å²) in [4.78, 5) is 12.6. The Balaban J connectivity index is 1.57. The first kappa shape index (κ1) is 20.6. The maximum Gasteiger partial charge on any atom is 0.255 e. The van der Waals surface area contributed by atoms with E-state index in [-0.39, 0.29) is 12.0 Å². The van der Waals surface area contributed by atoms with Crippen LogP contribution in [0.2, 0.25) is 0 Å². The van der Waals surface area contributed by atoms with E-state index in [0.717, 1.165) is 19.4 Å². The Morgan fingerprint density at radius 1 is 1.21 bits per heavy atom. The SMILES string of the molecule is COCCOc1ccc(C(=O)Nc2cccc(OCC3CCCO3)c2)cc1Br. The van der Waals surface area contributed by atoms with Crippen molar-refractivity contribution in [3.63, 3.8) is 0 Å². The van der Waals surface area contributed by atoms with Crippen LogP contribution in [-0.4, -0.2) is 45.5 Å². The Labute approximate surface area is 173 Å². The van der Waals surface area contributed by atoms with Gasteiger partial charge in [0.25, 0.3) is 5.91 Å². The maximum absolute atomic E-state index is 12.6. The van der Waals surface area contributed by atoms with Gasteiger partial charge in [0, 0.05) is 31.0 Å². The molecule has 1 N–H and O–H groups in total. The van der Waals surface area contributed by atoms with E-state index in [1.165, 1.54) is 0 Å². The molecule has 1 unspecified atom stereocenters. The van der Waals surface area contributed by atoms with Crippen LogP contribution in [0.25, 0.3) is 0 Å². The molecule has 6 nitrogen and oxygen atoms in total. The predicted octanol–water partition coefficient (Wildman–Crippen LogP) is 4.28. The molecule has 2 aromatic rings. The Kier molecular flexibility index (Phi) is 7.71. The van der Waals surface area contributed by atoms with E-state index < -0.39 is 0 Å². The minimum atomic E-state index is -0.208. The van der Waals surface area contributed by atoms with Crippen molar-refractivity contribution in [1.29, 1.82) is 0 Å². The van der Waals surface area contributed by atoms with Crippen molar-refractivity contribution in [3.05, 3.63) is 52.5 Å². The lowest BCUT2D eigenvalue weighted by atomic mass is 10.2. The van der Waals surface area contributed by atoms with Crippen LogP contribution in [0.3, 0.4) is 0 Å². The third-order valence-corrected chi connectivity index (χ3v) is 4.91. The zero-order valence-electron chi connectivity index (χ0n) is 15.8. The van der Waals surface area contributed by atoms with E-state index in [2.05, 4.69) is 21.2 Å². The van der Waals surface area contributed by atoms with Crippen LogP contribution in [0, 0.1) is 0 Å². The van der Waals surface area contributed by atoms with Crippen molar-refractivity contribution in [1.82, 2.24) is 0 Å². The standard InChI is InChI=1S/C21H24BrNO5/c1-25-10-11-27-20-8-7-15(12-19(20)22)21(24)23-16-4-2-5-17(13-16)28-14-18-6-3-9-26-18/h2,4-5,7-8,12-13,18H,3,6,9-11,14H2,1H3,(H,23,24). The molecule has 150 valence electrons. The fourth-order valence-corrected chi connectivity index (χ4v) is 3.32. The van der Waals surface area contributed by atoms with Crippen molar-refractivity contribution < 1.29 is 23.7 Å². The summed E-state index contributed by atoms with van der Waals surface area (Å²) in [5.74, 6) is 1.16. The van der Waals surface area contributed by atoms with Gasteiger partial charge in [0.2, 0.25) is 0 Å². The zero-order valence-corrected chi connectivity index (χ0v) is 17.4. The minimum Gasteiger partial charge on any atom is -0.491 e. The summed E-state index contributed by atoms with van der Waals surface area (Å²) < 4.78 is 22.6. The molecule has 1 fully saturated rings. The molecule has 0 spiro atoms. The highest BCUT2D eigenvalue weighted by molar-refractivity contribution is 9.10. The molecule has 0 aliphatic carbocycles. The number of carbonyl (C=O) groups is 1. The summed E-state index contributed by atoms with van der Waals surface area (Å²) in [6.45, 7) is 2.27. The van der Waals surface area contributed by atoms with Crippen LogP contribution in [0.4, 0.5) is 5.69 Å². The van der Waals surface area contributed by atoms with Crippen LogP contribution in [-0.2, 0) is 9.47 Å². The van der Waals surface area contributed by atoms with Crippen molar-refractivity contribution in [2.45, 2.75) is 18.9 Å². The summed E-state index contributed by atoms with van der Waals surface area (Å²) in [6, 6.07) is 12.6. The number of anilines is 1. The molecule has 1 saturated heterocycles. The summed E-state index contributed by atoms with van der Waals surface area (Å²) in [5.41, 5.74) is 1.20. The molecule has 1 heterocycles. The van der Waals surface area contributed by atoms with Gasteiger partial charge in [-0.2, -0.15) is 0 Å². The van der Waals surface area contributed by atoms with E-state index in [1.54, 1.807) is 25.3 Å². The monoisotopic (exact) mass is 449 g/mol. The number of rotatable bonds is 9. The third-order valence-electron chi connectivity index (χ3n) is 4.29. The summed E-state index contributed by atoms with van der Waals surface area (Å²) in [6.07, 6.45) is 2.26. The van der Waals surface area contributed by atoms with Crippen LogP contribution >= 0.6 is 15.9 Å². The number of hydrogen-bond acceptors (Lipinski definition) is 5. The largest absolute Gasteiger partial charge is 0.491 e. The molecule has 2 aromatic carbocycles. The molecule has 3 rings (SSSR count). The van der Waals surface area contributed by atoms with E-state index in [0.29, 0.717) is 47.0 Å². The van der Waals surface area contributed by atoms with Gasteiger partial charge in [-0.25, -0.2) is 0 Å². The first-order valence-corrected chi connectivity index (χ1v) is 10.0. The van der Waals surface area contributed by atoms with E-state index in [9.17, 15) is 4.79 Å². The van der Waals surface area contributed by atoms with Gasteiger partial charge in [-0.15, -0.1) is 0 Å². The van der Waals surface area contributed by atoms with Gasteiger partial charge in [-0.3, -0.25) is 4.79 Å². The topological polar surface area (TPSA) is 66.0 Å². The molecule has 1 aliphatic rings. The van der Waals surface area contributed by atoms with Gasteiger partial charge >= 0.3 is 0 Å². The smallest absolute Gasteiger partial charge is 0.255 e. The quantitative estimate of drug-likeness (QED) is 0.578. The maximum atomic E-state index is 12.6. The van der Waals surface area contributed by atoms with Crippen molar-refractivity contribution in [3.8, 4) is 11.5 Å². The number of methoxy groups -OCH3 is 1. The average Bonchev–Trinajstić information content (AvgIpc) is 3.22. The molecule has 0 aromatic heterocycles. The number of benzene rings is 2. The molecule has 0 saturated carbocycles. The number of amides is 1. The second-order valence-electron chi connectivity index (χ2n) is 6.41. The predicted molar refractivity (Wildman–Crippen MR) is 110 cm³/mol. The van der Waals surface area contributed by atoms with Gasteiger partial charge in [0.05, 0.1) is 17.2 Å². The Morgan fingerprint density at radius 2 is 2.11 bits per heavy atom. The lowest BCUT2D eigenvalue weighted by Gasteiger charge is -2.13. The molecule has 0 bridgehead atoms. The number of hydrogen-bond donors (Lipinski definition) is 1. The van der Waals surface area contributed by atoms with Gasteiger partial charge in [0.1, 0.15) is 24.7 Å². The Morgan fingerprint density at radius 3 is 2.86 bits per heavy atom. The molecule has 0 radical (unpaired) electrons. The zero-order chi connectivity index (χ0) is 19.8. The number of nitrogens with one attached hydrogen (secondary N) is 1. The molecule has 1 amide bonds. The highest BCUT2D eigenvalue weighted by Gasteiger charge is 2.16. The van der Waals surface area contributed by atoms with E-state index in [1.807, 2.05) is 24.3 Å². The molecular formula is C21H24BrNO5. The highest BCUT2D eigenvalue weighted by Crippen LogP contribution is 2.27. The van der Waals surface area contributed by atoms with Gasteiger partial charge in [-0.05, 0) is 59.1 Å². The molecule has 28 heavy (non-hydrogen) atoms. The summed E-state index contributed by atoms with van der Waals surface area (Å²) in [7, 11) is 1.62. The second kappa shape index (κ2) is 10.5. The first-order valence-electron chi connectivity index (χ1n) is 9.23. The lowest BCUT2D eigenvalue weighted by molar-refractivity contribution is 0.0680. The van der Waals surface area contributed by atoms with Crippen molar-refractivity contribution >= 4 is 27.5 Å². The third kappa shape index (κ3) is 5.95. The highest BCUT2D eigenvalue weighted by atomic mass is 79.9. The molecule has 1 atom stereocenters. The average molecular weight is 450 g/mol. The second-order valence-corrected chi connectivity index (χ2v) is 7.27. The van der Waals surface area contributed by atoms with E-state index >= 15 is 0 Å². The minimum absolute atomic E-state index is 0.153. The van der Waals surface area contributed by atoms with Crippen LogP contribution < -0.4 is 14.8 Å². The molecular weight excluding hydrogens is 426 g/mol. The first-order chi connectivity index (χ1) is 13.7. The number of halogens is 1. The number of ether oxygens (including phenoxy) is 4. The molecule has 7 heteroatoms. The normalized spacial score (nSPS) is 16.0. The van der Waals surface area contributed by atoms with Gasteiger partial charge in [0.15, 0.2) is 0 Å². The van der Waals surface area contributed by atoms with Crippen molar-refractivity contribution in [2.24, 2.45) is 0 Å². The Hall–Kier alpha value is -2.09. The Bertz CT molecular complexity index is 792. The fourth-order valence-electron chi connectivity index (χ4n) is 2.83. The van der Waals surface area contributed by atoms with Crippen molar-refractivity contribution in [2.75, 3.05) is 38.9 Å². The van der Waals surface area contributed by atoms with Crippen LogP contribution in [0.1, 0.15) is 23.2 Å². The van der Waals surface area contributed by atoms with Gasteiger partial charge in [-0.1, -0.05) is 6.07 Å². The van der Waals surface area contributed by atoms with Crippen LogP contribution in [0.5, 0.6) is 11.5 Å². The van der Waals surface area contributed by atoms with Gasteiger partial charge < -0.3 is 24.3 Å². The van der Waals surface area contributed by atoms with E-state index in [4.69, 9.17) is 18.9 Å². The lowest BCUT2D eigenvalue weighted by Crippen LogP contribution is -2.16. The number of carbonyl (C=O) groups excluding carboxylic acids is 1.